The highest BCUT2D eigenvalue weighted by molar-refractivity contribution is 6.01. The number of nitro benzene ring substituents is 1. The minimum atomic E-state index is -0.829. The van der Waals surface area contributed by atoms with Crippen LogP contribution in [0.3, 0.4) is 0 Å². The van der Waals surface area contributed by atoms with E-state index in [2.05, 4.69) is 20.7 Å². The molecule has 2 heterocycles. The number of nitrogens with one attached hydrogen (secondary N) is 2. The van der Waals surface area contributed by atoms with Crippen molar-refractivity contribution in [2.75, 3.05) is 10.6 Å². The first-order valence-corrected chi connectivity index (χ1v) is 7.14. The third-order valence-corrected chi connectivity index (χ3v) is 3.64. The van der Waals surface area contributed by atoms with Crippen LogP contribution in [0.1, 0.15) is 23.9 Å². The number of hydrogen-bond donors (Lipinski definition) is 2. The highest BCUT2D eigenvalue weighted by Crippen LogP contribution is 2.26. The first-order valence-electron chi connectivity index (χ1n) is 7.14. The maximum atomic E-state index is 12.5. The molecule has 0 spiro atoms. The lowest BCUT2D eigenvalue weighted by molar-refractivity contribution is -0.384. The molecule has 1 atom stereocenters. The number of nitrogens with zero attached hydrogens (tertiary/aromatic N) is 4. The molecule has 10 nitrogen and oxygen atoms in total. The Morgan fingerprint density at radius 1 is 1.46 bits per heavy atom. The number of hydrogen-bond acceptors (Lipinski definition) is 6. The Morgan fingerprint density at radius 2 is 2.21 bits per heavy atom. The van der Waals surface area contributed by atoms with E-state index in [-0.39, 0.29) is 24.0 Å². The molecule has 1 aromatic heterocycles. The monoisotopic (exact) mass is 330 g/mol. The van der Waals surface area contributed by atoms with Gasteiger partial charge in [0.15, 0.2) is 0 Å². The fraction of sp³-hybridized carbons (Fsp3) is 0.286. The number of carbonyl (C=O) groups is 2. The summed E-state index contributed by atoms with van der Waals surface area (Å²) in [7, 11) is 0. The zero-order chi connectivity index (χ0) is 17.4. The molecule has 0 fully saturated rings. The van der Waals surface area contributed by atoms with Gasteiger partial charge in [0.25, 0.3) is 5.69 Å². The summed E-state index contributed by atoms with van der Waals surface area (Å²) >= 11 is 0. The van der Waals surface area contributed by atoms with Gasteiger partial charge in [-0.2, -0.15) is 10.1 Å². The van der Waals surface area contributed by atoms with Crippen molar-refractivity contribution in [3.05, 3.63) is 39.7 Å². The molecule has 1 aliphatic heterocycles. The van der Waals surface area contributed by atoms with E-state index in [4.69, 9.17) is 0 Å². The van der Waals surface area contributed by atoms with Crippen LogP contribution in [0.5, 0.6) is 0 Å². The summed E-state index contributed by atoms with van der Waals surface area (Å²) in [6.45, 7) is 3.31. The highest BCUT2D eigenvalue weighted by Gasteiger charge is 2.32. The van der Waals surface area contributed by atoms with Gasteiger partial charge >= 0.3 is 0 Å². The fourth-order valence-electron chi connectivity index (χ4n) is 2.49. The molecule has 1 unspecified atom stereocenters. The fourth-order valence-corrected chi connectivity index (χ4v) is 2.49. The predicted octanol–water partition coefficient (Wildman–Crippen LogP) is 1.33. The third kappa shape index (κ3) is 2.81. The van der Waals surface area contributed by atoms with Crippen LogP contribution >= 0.6 is 0 Å². The van der Waals surface area contributed by atoms with Crippen molar-refractivity contribution >= 4 is 29.1 Å². The van der Waals surface area contributed by atoms with Crippen molar-refractivity contribution in [3.8, 4) is 0 Å². The summed E-state index contributed by atoms with van der Waals surface area (Å²) in [6, 6.07) is 3.31. The van der Waals surface area contributed by atoms with Gasteiger partial charge < -0.3 is 5.32 Å². The highest BCUT2D eigenvalue weighted by atomic mass is 16.6. The molecular weight excluding hydrogens is 316 g/mol. The summed E-state index contributed by atoms with van der Waals surface area (Å²) in [4.78, 5) is 38.6. The van der Waals surface area contributed by atoms with Gasteiger partial charge in [-0.3, -0.25) is 25.0 Å². The molecular formula is C14H14N6O4. The van der Waals surface area contributed by atoms with Crippen molar-refractivity contribution in [3.63, 3.8) is 0 Å². The molecule has 2 amide bonds. The van der Waals surface area contributed by atoms with E-state index in [0.717, 1.165) is 0 Å². The van der Waals surface area contributed by atoms with Crippen molar-refractivity contribution in [1.29, 1.82) is 0 Å². The van der Waals surface area contributed by atoms with Crippen LogP contribution in [0.4, 0.5) is 17.3 Å². The van der Waals surface area contributed by atoms with E-state index in [1.54, 1.807) is 13.8 Å². The van der Waals surface area contributed by atoms with E-state index in [0.29, 0.717) is 17.1 Å². The summed E-state index contributed by atoms with van der Waals surface area (Å²) in [5.74, 6) is -0.0933. The Labute approximate surface area is 136 Å². The smallest absolute Gasteiger partial charge is 0.269 e. The van der Waals surface area contributed by atoms with Gasteiger partial charge in [-0.25, -0.2) is 4.68 Å². The number of nitro groups is 1. The number of fused-ring (bicyclic) bond motifs is 1. The van der Waals surface area contributed by atoms with E-state index < -0.39 is 16.9 Å². The number of aryl methyl sites for hydroxylation is 2. The number of amides is 2. The Bertz CT molecular complexity index is 859. The quantitative estimate of drug-likeness (QED) is 0.644. The Morgan fingerprint density at radius 3 is 2.88 bits per heavy atom. The number of anilines is 2. The van der Waals surface area contributed by atoms with Crippen LogP contribution < -0.4 is 10.6 Å². The van der Waals surface area contributed by atoms with Gasteiger partial charge in [0, 0.05) is 17.8 Å². The molecule has 1 aromatic carbocycles. The molecule has 0 bridgehead atoms. The normalized spacial score (nSPS) is 16.2. The maximum Gasteiger partial charge on any atom is 0.269 e. The molecule has 124 valence electrons. The minimum Gasteiger partial charge on any atom is -0.324 e. The van der Waals surface area contributed by atoms with E-state index in [1.165, 1.54) is 22.9 Å². The largest absolute Gasteiger partial charge is 0.324 e. The van der Waals surface area contributed by atoms with E-state index in [9.17, 15) is 19.7 Å². The average molecular weight is 330 g/mol. The Balaban J connectivity index is 1.85. The van der Waals surface area contributed by atoms with Gasteiger partial charge in [0.05, 0.1) is 11.3 Å². The molecule has 24 heavy (non-hydrogen) atoms. The van der Waals surface area contributed by atoms with Crippen LogP contribution in [0, 0.1) is 24.0 Å². The third-order valence-electron chi connectivity index (χ3n) is 3.64. The molecule has 0 saturated heterocycles. The number of carbonyl (C=O) groups excluding carboxylic acids is 2. The SMILES string of the molecule is Cc1nc2n(n1)C(C(=O)Nc1ccc([N+](=O)[O-])cc1C)CC(=O)N2. The van der Waals surface area contributed by atoms with Gasteiger partial charge in [0.2, 0.25) is 17.8 Å². The molecule has 10 heteroatoms. The molecule has 0 radical (unpaired) electrons. The molecule has 2 N–H and O–H groups in total. The van der Waals surface area contributed by atoms with Crippen molar-refractivity contribution in [2.24, 2.45) is 0 Å². The second kappa shape index (κ2) is 5.72. The second-order valence-corrected chi connectivity index (χ2v) is 5.44. The van der Waals surface area contributed by atoms with Gasteiger partial charge in [0.1, 0.15) is 11.9 Å². The zero-order valence-corrected chi connectivity index (χ0v) is 12.9. The first kappa shape index (κ1) is 15.6. The topological polar surface area (TPSA) is 132 Å². The van der Waals surface area contributed by atoms with Crippen LogP contribution in [0.2, 0.25) is 0 Å². The second-order valence-electron chi connectivity index (χ2n) is 5.44. The zero-order valence-electron chi connectivity index (χ0n) is 12.9. The number of non-ortho nitro benzene ring substituents is 1. The number of aromatic nitrogens is 3. The van der Waals surface area contributed by atoms with Crippen LogP contribution in [-0.2, 0) is 9.59 Å². The minimum absolute atomic E-state index is 0.0586. The molecule has 2 aromatic rings. The average Bonchev–Trinajstić information content (AvgIpc) is 2.88. The lowest BCUT2D eigenvalue weighted by Gasteiger charge is -2.22. The molecule has 3 rings (SSSR count). The summed E-state index contributed by atoms with van der Waals surface area (Å²) in [5.41, 5.74) is 0.930. The van der Waals surface area contributed by atoms with Crippen LogP contribution in [-0.4, -0.2) is 31.5 Å². The standard InChI is InChI=1S/C14H14N6O4/c1-7-5-9(20(23)24)3-4-10(7)16-13(22)11-6-12(21)17-14-15-8(2)18-19(11)14/h3-5,11H,6H2,1-2H3,(H,16,22)(H,15,17,18,21). The first-order chi connectivity index (χ1) is 11.3. The van der Waals surface area contributed by atoms with Crippen molar-refractivity contribution < 1.29 is 14.5 Å². The molecule has 0 saturated carbocycles. The van der Waals surface area contributed by atoms with Gasteiger partial charge in [-0.1, -0.05) is 0 Å². The van der Waals surface area contributed by atoms with E-state index >= 15 is 0 Å². The van der Waals surface area contributed by atoms with E-state index in [1.807, 2.05) is 0 Å². The van der Waals surface area contributed by atoms with Gasteiger partial charge in [-0.05, 0) is 25.5 Å². The maximum absolute atomic E-state index is 12.5. The van der Waals surface area contributed by atoms with Crippen LogP contribution in [0.25, 0.3) is 0 Å². The van der Waals surface area contributed by atoms with Crippen molar-refractivity contribution in [2.45, 2.75) is 26.3 Å². The number of benzene rings is 1. The molecule has 1 aliphatic rings. The van der Waals surface area contributed by atoms with Crippen LogP contribution in [0.15, 0.2) is 18.2 Å². The van der Waals surface area contributed by atoms with Crippen molar-refractivity contribution in [1.82, 2.24) is 14.8 Å². The number of rotatable bonds is 3. The summed E-state index contributed by atoms with van der Waals surface area (Å²) in [6.07, 6.45) is -0.0618. The Hall–Kier alpha value is -3.30. The lowest BCUT2D eigenvalue weighted by Crippen LogP contribution is -2.36. The molecule has 0 aliphatic carbocycles. The summed E-state index contributed by atoms with van der Waals surface area (Å²) < 4.78 is 1.37. The Kier molecular flexibility index (Phi) is 3.72. The lowest BCUT2D eigenvalue weighted by atomic mass is 10.1. The predicted molar refractivity (Wildman–Crippen MR) is 83.5 cm³/mol. The summed E-state index contributed by atoms with van der Waals surface area (Å²) in [5, 5.41) is 20.1. The van der Waals surface area contributed by atoms with Gasteiger partial charge in [-0.15, -0.1) is 0 Å².